The number of morpholine rings is 1. The second kappa shape index (κ2) is 7.88. The van der Waals surface area contributed by atoms with E-state index >= 15 is 0 Å². The SMILES string of the molecule is O=C(NCc1ccc(N2CCOCC2)cc1)c1ccc(Cl)c(Cl)c1. The zero-order valence-electron chi connectivity index (χ0n) is 13.1. The van der Waals surface area contributed by atoms with E-state index in [0.717, 1.165) is 31.9 Å². The van der Waals surface area contributed by atoms with Crippen LogP contribution in [0.3, 0.4) is 0 Å². The van der Waals surface area contributed by atoms with Crippen LogP contribution >= 0.6 is 23.2 Å². The molecule has 0 atom stereocenters. The van der Waals surface area contributed by atoms with Gasteiger partial charge >= 0.3 is 0 Å². The fourth-order valence-corrected chi connectivity index (χ4v) is 2.87. The minimum Gasteiger partial charge on any atom is -0.378 e. The Morgan fingerprint density at radius 1 is 1.04 bits per heavy atom. The van der Waals surface area contributed by atoms with Crippen LogP contribution in [0.25, 0.3) is 0 Å². The van der Waals surface area contributed by atoms with Crippen molar-refractivity contribution in [3.8, 4) is 0 Å². The molecule has 1 aliphatic rings. The molecule has 4 nitrogen and oxygen atoms in total. The summed E-state index contributed by atoms with van der Waals surface area (Å²) in [6.07, 6.45) is 0. The molecule has 2 aromatic rings. The third-order valence-electron chi connectivity index (χ3n) is 3.95. The number of hydrogen-bond acceptors (Lipinski definition) is 3. The fraction of sp³-hybridized carbons (Fsp3) is 0.278. The molecule has 1 N–H and O–H groups in total. The van der Waals surface area contributed by atoms with Crippen LogP contribution in [0.5, 0.6) is 0 Å². The van der Waals surface area contributed by atoms with E-state index < -0.39 is 0 Å². The van der Waals surface area contributed by atoms with Gasteiger partial charge in [-0.15, -0.1) is 0 Å². The summed E-state index contributed by atoms with van der Waals surface area (Å²) < 4.78 is 5.36. The van der Waals surface area contributed by atoms with Crippen LogP contribution in [0.15, 0.2) is 42.5 Å². The third-order valence-corrected chi connectivity index (χ3v) is 4.69. The van der Waals surface area contributed by atoms with Gasteiger partial charge in [0, 0.05) is 30.9 Å². The molecule has 0 saturated carbocycles. The summed E-state index contributed by atoms with van der Waals surface area (Å²) in [5.41, 5.74) is 2.72. The number of benzene rings is 2. The molecule has 0 unspecified atom stereocenters. The van der Waals surface area contributed by atoms with E-state index in [2.05, 4.69) is 22.3 Å². The average molecular weight is 365 g/mol. The van der Waals surface area contributed by atoms with Crippen molar-refractivity contribution in [2.45, 2.75) is 6.54 Å². The van der Waals surface area contributed by atoms with Crippen LogP contribution in [0.2, 0.25) is 10.0 Å². The minimum absolute atomic E-state index is 0.175. The van der Waals surface area contributed by atoms with Gasteiger partial charge < -0.3 is 15.0 Å². The van der Waals surface area contributed by atoms with E-state index in [9.17, 15) is 4.79 Å². The van der Waals surface area contributed by atoms with Crippen molar-refractivity contribution >= 4 is 34.8 Å². The van der Waals surface area contributed by atoms with Gasteiger partial charge in [-0.3, -0.25) is 4.79 Å². The Morgan fingerprint density at radius 2 is 1.75 bits per heavy atom. The van der Waals surface area contributed by atoms with E-state index in [-0.39, 0.29) is 5.91 Å². The summed E-state index contributed by atoms with van der Waals surface area (Å²) in [5.74, 6) is -0.175. The Balaban J connectivity index is 1.57. The number of anilines is 1. The number of halogens is 2. The lowest BCUT2D eigenvalue weighted by Crippen LogP contribution is -2.36. The first-order valence-electron chi connectivity index (χ1n) is 7.78. The van der Waals surface area contributed by atoms with Crippen molar-refractivity contribution in [3.63, 3.8) is 0 Å². The highest BCUT2D eigenvalue weighted by atomic mass is 35.5. The van der Waals surface area contributed by atoms with Gasteiger partial charge in [0.15, 0.2) is 0 Å². The average Bonchev–Trinajstić information content (AvgIpc) is 2.63. The zero-order valence-corrected chi connectivity index (χ0v) is 14.6. The molecule has 2 aromatic carbocycles. The Hall–Kier alpha value is -1.75. The number of hydrogen-bond donors (Lipinski definition) is 1. The lowest BCUT2D eigenvalue weighted by Gasteiger charge is -2.28. The van der Waals surface area contributed by atoms with Gasteiger partial charge in [0.2, 0.25) is 0 Å². The Bertz CT molecular complexity index is 713. The summed E-state index contributed by atoms with van der Waals surface area (Å²) in [5, 5.41) is 3.70. The number of amides is 1. The van der Waals surface area contributed by atoms with Crippen molar-refractivity contribution < 1.29 is 9.53 Å². The van der Waals surface area contributed by atoms with Crippen molar-refractivity contribution in [2.75, 3.05) is 31.2 Å². The second-order valence-electron chi connectivity index (χ2n) is 5.58. The minimum atomic E-state index is -0.175. The number of nitrogens with one attached hydrogen (secondary N) is 1. The van der Waals surface area contributed by atoms with E-state index in [4.69, 9.17) is 27.9 Å². The van der Waals surface area contributed by atoms with Gasteiger partial charge in [0.1, 0.15) is 0 Å². The molecule has 0 aliphatic carbocycles. The highest BCUT2D eigenvalue weighted by Crippen LogP contribution is 2.22. The molecule has 24 heavy (non-hydrogen) atoms. The standard InChI is InChI=1S/C18H18Cl2N2O2/c19-16-6-3-14(11-17(16)20)18(23)21-12-13-1-4-15(5-2-13)22-7-9-24-10-8-22/h1-6,11H,7-10,12H2,(H,21,23). The predicted octanol–water partition coefficient (Wildman–Crippen LogP) is 3.76. The molecule has 0 spiro atoms. The molecule has 0 bridgehead atoms. The Kier molecular flexibility index (Phi) is 5.61. The summed E-state index contributed by atoms with van der Waals surface area (Å²) in [4.78, 5) is 14.5. The van der Waals surface area contributed by atoms with Crippen molar-refractivity contribution in [1.82, 2.24) is 5.32 Å². The molecule has 1 heterocycles. The number of rotatable bonds is 4. The summed E-state index contributed by atoms with van der Waals surface area (Å²) in [7, 11) is 0. The number of carbonyl (C=O) groups is 1. The topological polar surface area (TPSA) is 41.6 Å². The molecule has 126 valence electrons. The van der Waals surface area contributed by atoms with Gasteiger partial charge in [-0.1, -0.05) is 35.3 Å². The van der Waals surface area contributed by atoms with Crippen molar-refractivity contribution in [2.24, 2.45) is 0 Å². The van der Waals surface area contributed by atoms with E-state index in [1.54, 1.807) is 18.2 Å². The maximum atomic E-state index is 12.2. The molecule has 1 amide bonds. The lowest BCUT2D eigenvalue weighted by molar-refractivity contribution is 0.0951. The number of ether oxygens (including phenoxy) is 1. The third kappa shape index (κ3) is 4.20. The Morgan fingerprint density at radius 3 is 2.42 bits per heavy atom. The van der Waals surface area contributed by atoms with E-state index in [0.29, 0.717) is 22.2 Å². The van der Waals surface area contributed by atoms with Crippen LogP contribution < -0.4 is 10.2 Å². The quantitative estimate of drug-likeness (QED) is 0.897. The molecule has 3 rings (SSSR count). The predicted molar refractivity (Wildman–Crippen MR) is 97.1 cm³/mol. The first kappa shape index (κ1) is 17.1. The number of carbonyl (C=O) groups excluding carboxylic acids is 1. The number of nitrogens with zero attached hydrogens (tertiary/aromatic N) is 1. The maximum Gasteiger partial charge on any atom is 0.251 e. The zero-order chi connectivity index (χ0) is 16.9. The van der Waals surface area contributed by atoms with Gasteiger partial charge in [0.25, 0.3) is 5.91 Å². The molecule has 6 heteroatoms. The van der Waals surface area contributed by atoms with Gasteiger partial charge in [-0.25, -0.2) is 0 Å². The Labute approximate surface area is 151 Å². The first-order chi connectivity index (χ1) is 11.6. The van der Waals surface area contributed by atoms with Crippen molar-refractivity contribution in [1.29, 1.82) is 0 Å². The molecule has 0 aromatic heterocycles. The van der Waals surface area contributed by atoms with Crippen LogP contribution in [0, 0.1) is 0 Å². The normalized spacial score (nSPS) is 14.5. The molecular formula is C18H18Cl2N2O2. The van der Waals surface area contributed by atoms with Crippen LogP contribution in [0.1, 0.15) is 15.9 Å². The maximum absolute atomic E-state index is 12.2. The molecular weight excluding hydrogens is 347 g/mol. The van der Waals surface area contributed by atoms with Crippen LogP contribution in [-0.4, -0.2) is 32.2 Å². The van der Waals surface area contributed by atoms with Crippen molar-refractivity contribution in [3.05, 3.63) is 63.6 Å². The van der Waals surface area contributed by atoms with E-state index in [1.807, 2.05) is 12.1 Å². The second-order valence-corrected chi connectivity index (χ2v) is 6.39. The van der Waals surface area contributed by atoms with Gasteiger partial charge in [-0.05, 0) is 35.9 Å². The summed E-state index contributed by atoms with van der Waals surface area (Å²) in [6, 6.07) is 13.1. The largest absolute Gasteiger partial charge is 0.378 e. The highest BCUT2D eigenvalue weighted by Gasteiger charge is 2.11. The molecule has 0 radical (unpaired) electrons. The molecule has 1 aliphatic heterocycles. The van der Waals surface area contributed by atoms with Gasteiger partial charge in [0.05, 0.1) is 23.3 Å². The van der Waals surface area contributed by atoms with Crippen LogP contribution in [0.4, 0.5) is 5.69 Å². The van der Waals surface area contributed by atoms with Crippen LogP contribution in [-0.2, 0) is 11.3 Å². The summed E-state index contributed by atoms with van der Waals surface area (Å²) >= 11 is 11.8. The monoisotopic (exact) mass is 364 g/mol. The fourth-order valence-electron chi connectivity index (χ4n) is 2.57. The lowest BCUT2D eigenvalue weighted by atomic mass is 10.1. The first-order valence-corrected chi connectivity index (χ1v) is 8.54. The summed E-state index contributed by atoms with van der Waals surface area (Å²) in [6.45, 7) is 3.81. The molecule has 1 saturated heterocycles. The molecule has 1 fully saturated rings. The smallest absolute Gasteiger partial charge is 0.251 e. The highest BCUT2D eigenvalue weighted by molar-refractivity contribution is 6.42. The van der Waals surface area contributed by atoms with Gasteiger partial charge in [-0.2, -0.15) is 0 Å². The van der Waals surface area contributed by atoms with E-state index in [1.165, 1.54) is 5.69 Å².